The molecular weight excluding hydrogens is 384 g/mol. The van der Waals surface area contributed by atoms with Gasteiger partial charge in [-0.3, -0.25) is 10.1 Å². The monoisotopic (exact) mass is 404 g/mol. The highest BCUT2D eigenvalue weighted by molar-refractivity contribution is 5.99. The summed E-state index contributed by atoms with van der Waals surface area (Å²) in [6.07, 6.45) is -1.28. The number of amides is 3. The molecule has 0 heterocycles. The number of hydrogen-bond acceptors (Lipinski definition) is 5. The summed E-state index contributed by atoms with van der Waals surface area (Å²) >= 11 is 0. The third-order valence-electron chi connectivity index (χ3n) is 4.35. The Kier molecular flexibility index (Phi) is 6.44. The van der Waals surface area contributed by atoms with Gasteiger partial charge in [0.1, 0.15) is 5.75 Å². The van der Waals surface area contributed by atoms with Gasteiger partial charge in [-0.2, -0.15) is 0 Å². The molecule has 0 aliphatic heterocycles. The molecule has 0 bridgehead atoms. The van der Waals surface area contributed by atoms with Crippen LogP contribution in [0.2, 0.25) is 0 Å². The lowest BCUT2D eigenvalue weighted by Crippen LogP contribution is -2.41. The average Bonchev–Trinajstić information content (AvgIpc) is 2.78. The van der Waals surface area contributed by atoms with Gasteiger partial charge in [0.2, 0.25) is 6.10 Å². The van der Waals surface area contributed by atoms with E-state index in [0.29, 0.717) is 5.56 Å². The topological polar surface area (TPSA) is 105 Å². The van der Waals surface area contributed by atoms with E-state index < -0.39 is 24.0 Å². The summed E-state index contributed by atoms with van der Waals surface area (Å²) in [7, 11) is 1.38. The van der Waals surface area contributed by atoms with Crippen LogP contribution < -0.4 is 10.6 Å². The molecule has 1 atom stereocenters. The van der Waals surface area contributed by atoms with E-state index in [4.69, 9.17) is 4.74 Å². The normalized spacial score (nSPS) is 11.2. The van der Waals surface area contributed by atoms with Crippen LogP contribution >= 0.6 is 0 Å². The summed E-state index contributed by atoms with van der Waals surface area (Å²) in [6.45, 7) is 0. The van der Waals surface area contributed by atoms with Crippen molar-refractivity contribution >= 4 is 17.9 Å². The lowest BCUT2D eigenvalue weighted by Gasteiger charge is -2.17. The molecule has 0 fully saturated rings. The van der Waals surface area contributed by atoms with E-state index in [-0.39, 0.29) is 11.3 Å². The summed E-state index contributed by atoms with van der Waals surface area (Å²) in [6, 6.07) is 21.1. The molecule has 0 saturated carbocycles. The highest BCUT2D eigenvalue weighted by Gasteiger charge is 2.26. The van der Waals surface area contributed by atoms with Crippen molar-refractivity contribution < 1.29 is 24.2 Å². The van der Waals surface area contributed by atoms with Crippen molar-refractivity contribution in [3.8, 4) is 16.9 Å². The number of hydrogen-bond donors (Lipinski definition) is 3. The number of urea groups is 1. The van der Waals surface area contributed by atoms with Crippen molar-refractivity contribution in [2.24, 2.45) is 0 Å². The SMILES string of the molecule is CNC(=O)NC(=O)[C@@H](OC(=O)c1ccc(-c2ccc(O)cc2)cc1)c1ccccc1. The maximum atomic E-state index is 12.6. The lowest BCUT2D eigenvalue weighted by molar-refractivity contribution is -0.129. The quantitative estimate of drug-likeness (QED) is 0.565. The molecule has 3 N–H and O–H groups in total. The Morgan fingerprint density at radius 1 is 0.833 bits per heavy atom. The molecule has 0 radical (unpaired) electrons. The molecule has 0 saturated heterocycles. The molecule has 152 valence electrons. The Bertz CT molecular complexity index is 1030. The molecule has 0 unspecified atom stereocenters. The minimum absolute atomic E-state index is 0.168. The molecule has 3 amide bonds. The predicted molar refractivity (Wildman–Crippen MR) is 111 cm³/mol. The molecule has 3 aromatic rings. The van der Waals surface area contributed by atoms with Gasteiger partial charge in [0.25, 0.3) is 5.91 Å². The zero-order chi connectivity index (χ0) is 21.5. The lowest BCUT2D eigenvalue weighted by atomic mass is 10.0. The van der Waals surface area contributed by atoms with Crippen LogP contribution in [-0.4, -0.2) is 30.1 Å². The number of nitrogens with one attached hydrogen (secondary N) is 2. The van der Waals surface area contributed by atoms with Crippen LogP contribution in [-0.2, 0) is 9.53 Å². The summed E-state index contributed by atoms with van der Waals surface area (Å²) in [5.41, 5.74) is 2.42. The largest absolute Gasteiger partial charge is 0.508 e. The van der Waals surface area contributed by atoms with E-state index >= 15 is 0 Å². The van der Waals surface area contributed by atoms with Gasteiger partial charge in [0.15, 0.2) is 0 Å². The van der Waals surface area contributed by atoms with E-state index in [1.165, 1.54) is 7.05 Å². The Labute approximate surface area is 173 Å². The van der Waals surface area contributed by atoms with Crippen molar-refractivity contribution in [1.29, 1.82) is 0 Å². The highest BCUT2D eigenvalue weighted by atomic mass is 16.5. The number of phenolic OH excluding ortho intramolecular Hbond substituents is 1. The van der Waals surface area contributed by atoms with Crippen molar-refractivity contribution in [2.45, 2.75) is 6.10 Å². The summed E-state index contributed by atoms with van der Waals surface area (Å²) in [5, 5.41) is 13.8. The fourth-order valence-electron chi connectivity index (χ4n) is 2.77. The van der Waals surface area contributed by atoms with Gasteiger partial charge in [-0.1, -0.05) is 54.6 Å². The second kappa shape index (κ2) is 9.38. The molecule has 3 rings (SSSR count). The number of ether oxygens (including phenoxy) is 1. The van der Waals surface area contributed by atoms with Gasteiger partial charge < -0.3 is 15.2 Å². The molecule has 0 aliphatic carbocycles. The Hall–Kier alpha value is -4.13. The van der Waals surface area contributed by atoms with Gasteiger partial charge in [0.05, 0.1) is 5.56 Å². The predicted octanol–water partition coefficient (Wildman–Crippen LogP) is 3.41. The molecular formula is C23H20N2O5. The maximum absolute atomic E-state index is 12.6. The van der Waals surface area contributed by atoms with E-state index in [9.17, 15) is 19.5 Å². The van der Waals surface area contributed by atoms with E-state index in [2.05, 4.69) is 10.6 Å². The van der Waals surface area contributed by atoms with Gasteiger partial charge in [0, 0.05) is 12.6 Å². The molecule has 7 heteroatoms. The third kappa shape index (κ3) is 5.02. The Morgan fingerprint density at radius 3 is 1.97 bits per heavy atom. The van der Waals surface area contributed by atoms with Crippen LogP contribution in [0.25, 0.3) is 11.1 Å². The van der Waals surface area contributed by atoms with Crippen LogP contribution in [0.5, 0.6) is 5.75 Å². The fraction of sp³-hybridized carbons (Fsp3) is 0.0870. The summed E-state index contributed by atoms with van der Waals surface area (Å²) in [4.78, 5) is 36.6. The highest BCUT2D eigenvalue weighted by Crippen LogP contribution is 2.24. The van der Waals surface area contributed by atoms with Crippen LogP contribution in [0.15, 0.2) is 78.9 Å². The Balaban J connectivity index is 1.78. The first-order valence-electron chi connectivity index (χ1n) is 9.16. The van der Waals surface area contributed by atoms with Gasteiger partial charge in [-0.25, -0.2) is 9.59 Å². The average molecular weight is 404 g/mol. The standard InChI is InChI=1S/C23H20N2O5/c1-24-23(29)25-21(27)20(17-5-3-2-4-6-17)30-22(28)18-9-7-15(8-10-18)16-11-13-19(26)14-12-16/h2-14,20,26H,1H3,(H2,24,25,27,29)/t20-/m0/s1. The molecule has 3 aromatic carbocycles. The van der Waals surface area contributed by atoms with Gasteiger partial charge in [-0.15, -0.1) is 0 Å². The number of carbonyl (C=O) groups is 3. The first kappa shape index (κ1) is 20.6. The molecule has 0 aromatic heterocycles. The first-order chi connectivity index (χ1) is 14.5. The zero-order valence-electron chi connectivity index (χ0n) is 16.2. The number of imide groups is 1. The second-order valence-corrected chi connectivity index (χ2v) is 6.39. The van der Waals surface area contributed by atoms with E-state index in [1.807, 2.05) is 0 Å². The minimum Gasteiger partial charge on any atom is -0.508 e. The number of rotatable bonds is 5. The van der Waals surface area contributed by atoms with E-state index in [1.54, 1.807) is 78.9 Å². The van der Waals surface area contributed by atoms with Gasteiger partial charge in [-0.05, 0) is 35.4 Å². The smallest absolute Gasteiger partial charge is 0.339 e. The Morgan fingerprint density at radius 2 is 1.40 bits per heavy atom. The van der Waals surface area contributed by atoms with Crippen LogP contribution in [0.3, 0.4) is 0 Å². The maximum Gasteiger partial charge on any atom is 0.339 e. The number of phenols is 1. The molecule has 0 spiro atoms. The van der Waals surface area contributed by atoms with Crippen molar-refractivity contribution in [3.05, 3.63) is 90.0 Å². The number of esters is 1. The van der Waals surface area contributed by atoms with Crippen LogP contribution in [0.1, 0.15) is 22.0 Å². The van der Waals surface area contributed by atoms with Crippen molar-refractivity contribution in [3.63, 3.8) is 0 Å². The van der Waals surface area contributed by atoms with Crippen molar-refractivity contribution in [1.82, 2.24) is 10.6 Å². The van der Waals surface area contributed by atoms with E-state index in [0.717, 1.165) is 11.1 Å². The first-order valence-corrected chi connectivity index (χ1v) is 9.16. The third-order valence-corrected chi connectivity index (χ3v) is 4.35. The minimum atomic E-state index is -1.28. The fourth-order valence-corrected chi connectivity index (χ4v) is 2.77. The summed E-state index contributed by atoms with van der Waals surface area (Å²) in [5.74, 6) is -1.29. The molecule has 30 heavy (non-hydrogen) atoms. The number of benzene rings is 3. The number of carbonyl (C=O) groups excluding carboxylic acids is 3. The zero-order valence-corrected chi connectivity index (χ0v) is 16.2. The molecule has 0 aliphatic rings. The second-order valence-electron chi connectivity index (χ2n) is 6.39. The van der Waals surface area contributed by atoms with Crippen LogP contribution in [0.4, 0.5) is 4.79 Å². The van der Waals surface area contributed by atoms with Crippen LogP contribution in [0, 0.1) is 0 Å². The summed E-state index contributed by atoms with van der Waals surface area (Å²) < 4.78 is 5.43. The van der Waals surface area contributed by atoms with Gasteiger partial charge >= 0.3 is 12.0 Å². The number of aromatic hydroxyl groups is 1. The molecule has 7 nitrogen and oxygen atoms in total. The van der Waals surface area contributed by atoms with Crippen molar-refractivity contribution in [2.75, 3.05) is 7.05 Å².